The first-order valence-corrected chi connectivity index (χ1v) is 7.71. The van der Waals surface area contributed by atoms with Gasteiger partial charge in [-0.2, -0.15) is 5.10 Å². The first-order valence-electron chi connectivity index (χ1n) is 6.63. The molecule has 2 nitrogen and oxygen atoms in total. The number of nitrogens with zero attached hydrogens (tertiary/aromatic N) is 2. The summed E-state index contributed by atoms with van der Waals surface area (Å²) in [6.45, 7) is 0.911. The minimum atomic E-state index is 0.911. The minimum Gasteiger partial charge on any atom is -0.272 e. The van der Waals surface area contributed by atoms with Crippen LogP contribution in [0.5, 0.6) is 0 Å². The van der Waals surface area contributed by atoms with Crippen LogP contribution in [0, 0.1) is 3.57 Å². The van der Waals surface area contributed by atoms with Crippen LogP contribution >= 0.6 is 22.6 Å². The van der Waals surface area contributed by atoms with Gasteiger partial charge < -0.3 is 0 Å². The number of benzene rings is 2. The molecule has 1 aromatic heterocycles. The van der Waals surface area contributed by atoms with Crippen molar-refractivity contribution in [1.82, 2.24) is 9.78 Å². The Bertz CT molecular complexity index is 689. The summed E-state index contributed by atoms with van der Waals surface area (Å²) in [5.74, 6) is 0. The highest BCUT2D eigenvalue weighted by molar-refractivity contribution is 14.1. The van der Waals surface area contributed by atoms with E-state index in [2.05, 4.69) is 82.4 Å². The van der Waals surface area contributed by atoms with E-state index in [0.29, 0.717) is 0 Å². The smallest absolute Gasteiger partial charge is 0.0568 e. The van der Waals surface area contributed by atoms with Gasteiger partial charge in [-0.05, 0) is 52.3 Å². The predicted molar refractivity (Wildman–Crippen MR) is 90.5 cm³/mol. The van der Waals surface area contributed by atoms with Gasteiger partial charge >= 0.3 is 0 Å². The normalized spacial score (nSPS) is 10.7. The summed E-state index contributed by atoms with van der Waals surface area (Å²) in [6.07, 6.45) is 5.07. The topological polar surface area (TPSA) is 17.8 Å². The highest BCUT2D eigenvalue weighted by atomic mass is 127. The SMILES string of the molecule is Ic1cccc(-c2cnn(CCc3ccccc3)c2)c1. The fourth-order valence-electron chi connectivity index (χ4n) is 2.19. The van der Waals surface area contributed by atoms with Crippen LogP contribution in [-0.2, 0) is 13.0 Å². The third-order valence-electron chi connectivity index (χ3n) is 3.26. The van der Waals surface area contributed by atoms with Gasteiger partial charge in [-0.3, -0.25) is 4.68 Å². The lowest BCUT2D eigenvalue weighted by Gasteiger charge is -2.02. The average molecular weight is 374 g/mol. The van der Waals surface area contributed by atoms with E-state index in [0.717, 1.165) is 13.0 Å². The molecule has 0 radical (unpaired) electrons. The first kappa shape index (κ1) is 13.4. The molecule has 20 heavy (non-hydrogen) atoms. The summed E-state index contributed by atoms with van der Waals surface area (Å²) < 4.78 is 3.26. The maximum atomic E-state index is 4.45. The molecule has 100 valence electrons. The second-order valence-electron chi connectivity index (χ2n) is 4.74. The summed E-state index contributed by atoms with van der Waals surface area (Å²) in [5, 5.41) is 4.45. The van der Waals surface area contributed by atoms with Gasteiger partial charge in [0.2, 0.25) is 0 Å². The Labute approximate surface area is 132 Å². The van der Waals surface area contributed by atoms with Gasteiger partial charge in [-0.15, -0.1) is 0 Å². The Kier molecular flexibility index (Phi) is 4.16. The maximum Gasteiger partial charge on any atom is 0.0568 e. The maximum absolute atomic E-state index is 4.45. The molecule has 1 heterocycles. The van der Waals surface area contributed by atoms with Crippen LogP contribution in [0.4, 0.5) is 0 Å². The summed E-state index contributed by atoms with van der Waals surface area (Å²) in [7, 11) is 0. The van der Waals surface area contributed by atoms with Gasteiger partial charge in [0.25, 0.3) is 0 Å². The van der Waals surface area contributed by atoms with E-state index in [9.17, 15) is 0 Å². The number of halogens is 1. The first-order chi connectivity index (χ1) is 9.81. The molecule has 0 saturated heterocycles. The third-order valence-corrected chi connectivity index (χ3v) is 3.93. The van der Waals surface area contributed by atoms with Gasteiger partial charge in [0.1, 0.15) is 0 Å². The Morgan fingerprint density at radius 1 is 0.950 bits per heavy atom. The Hall–Kier alpha value is -1.62. The fourth-order valence-corrected chi connectivity index (χ4v) is 2.73. The number of rotatable bonds is 4. The van der Waals surface area contributed by atoms with Crippen molar-refractivity contribution in [1.29, 1.82) is 0 Å². The highest BCUT2D eigenvalue weighted by Crippen LogP contribution is 2.20. The van der Waals surface area contributed by atoms with Gasteiger partial charge in [-0.25, -0.2) is 0 Å². The van der Waals surface area contributed by atoms with E-state index in [1.54, 1.807) is 0 Å². The Morgan fingerprint density at radius 3 is 2.60 bits per heavy atom. The monoisotopic (exact) mass is 374 g/mol. The molecule has 0 aliphatic heterocycles. The van der Waals surface area contributed by atoms with Crippen molar-refractivity contribution in [3.8, 4) is 11.1 Å². The predicted octanol–water partition coefficient (Wildman–Crippen LogP) is 4.40. The fraction of sp³-hybridized carbons (Fsp3) is 0.118. The highest BCUT2D eigenvalue weighted by Gasteiger charge is 2.02. The second-order valence-corrected chi connectivity index (χ2v) is 5.98. The Balaban J connectivity index is 1.71. The molecule has 0 aliphatic rings. The third kappa shape index (κ3) is 3.28. The van der Waals surface area contributed by atoms with E-state index < -0.39 is 0 Å². The lowest BCUT2D eigenvalue weighted by atomic mass is 10.1. The molecule has 0 amide bonds. The Morgan fingerprint density at radius 2 is 1.80 bits per heavy atom. The summed E-state index contributed by atoms with van der Waals surface area (Å²) in [4.78, 5) is 0. The summed E-state index contributed by atoms with van der Waals surface area (Å²) in [5.41, 5.74) is 3.75. The van der Waals surface area contributed by atoms with Crippen LogP contribution in [0.1, 0.15) is 5.56 Å². The molecule has 3 rings (SSSR count). The van der Waals surface area contributed by atoms with E-state index >= 15 is 0 Å². The van der Waals surface area contributed by atoms with Gasteiger partial charge in [0.05, 0.1) is 6.20 Å². The van der Waals surface area contributed by atoms with E-state index in [1.807, 2.05) is 16.9 Å². The molecule has 0 aliphatic carbocycles. The largest absolute Gasteiger partial charge is 0.272 e. The van der Waals surface area contributed by atoms with E-state index in [1.165, 1.54) is 20.3 Å². The number of aromatic nitrogens is 2. The molecule has 0 fully saturated rings. The van der Waals surface area contributed by atoms with Crippen molar-refractivity contribution in [2.45, 2.75) is 13.0 Å². The lowest BCUT2D eigenvalue weighted by Crippen LogP contribution is -2.01. The lowest BCUT2D eigenvalue weighted by molar-refractivity contribution is 0.615. The molecular weight excluding hydrogens is 359 g/mol. The van der Waals surface area contributed by atoms with E-state index in [4.69, 9.17) is 0 Å². The molecule has 0 bridgehead atoms. The van der Waals surface area contributed by atoms with Crippen molar-refractivity contribution < 1.29 is 0 Å². The molecular formula is C17H15IN2. The molecule has 0 atom stereocenters. The number of aryl methyl sites for hydroxylation is 2. The van der Waals surface area contributed by atoms with Crippen molar-refractivity contribution in [3.63, 3.8) is 0 Å². The summed E-state index contributed by atoms with van der Waals surface area (Å²) in [6, 6.07) is 19.0. The summed E-state index contributed by atoms with van der Waals surface area (Å²) >= 11 is 2.34. The minimum absolute atomic E-state index is 0.911. The van der Waals surface area contributed by atoms with Gasteiger partial charge in [0.15, 0.2) is 0 Å². The van der Waals surface area contributed by atoms with Crippen molar-refractivity contribution in [2.24, 2.45) is 0 Å². The van der Waals surface area contributed by atoms with E-state index in [-0.39, 0.29) is 0 Å². The molecule has 0 unspecified atom stereocenters. The molecule has 0 saturated carbocycles. The zero-order chi connectivity index (χ0) is 13.8. The molecule has 0 N–H and O–H groups in total. The molecule has 2 aromatic carbocycles. The number of hydrogen-bond acceptors (Lipinski definition) is 1. The van der Waals surface area contributed by atoms with Crippen molar-refractivity contribution in [2.75, 3.05) is 0 Å². The van der Waals surface area contributed by atoms with Crippen LogP contribution in [0.15, 0.2) is 67.0 Å². The number of hydrogen-bond donors (Lipinski definition) is 0. The zero-order valence-corrected chi connectivity index (χ0v) is 13.2. The molecule has 0 spiro atoms. The van der Waals surface area contributed by atoms with Gasteiger partial charge in [-0.1, -0.05) is 42.5 Å². The zero-order valence-electron chi connectivity index (χ0n) is 11.0. The van der Waals surface area contributed by atoms with Crippen LogP contribution < -0.4 is 0 Å². The van der Waals surface area contributed by atoms with Crippen LogP contribution in [0.2, 0.25) is 0 Å². The average Bonchev–Trinajstić information content (AvgIpc) is 2.95. The van der Waals surface area contributed by atoms with Crippen LogP contribution in [0.3, 0.4) is 0 Å². The second kappa shape index (κ2) is 6.22. The van der Waals surface area contributed by atoms with Gasteiger partial charge in [0, 0.05) is 21.9 Å². The molecule has 3 heteroatoms. The van der Waals surface area contributed by atoms with Crippen molar-refractivity contribution >= 4 is 22.6 Å². The quantitative estimate of drug-likeness (QED) is 0.619. The van der Waals surface area contributed by atoms with Crippen LogP contribution in [0.25, 0.3) is 11.1 Å². The standard InChI is InChI=1S/C17H15IN2/c18-17-8-4-7-15(11-17)16-12-19-20(13-16)10-9-14-5-2-1-3-6-14/h1-8,11-13H,9-10H2. The molecule has 3 aromatic rings. The van der Waals surface area contributed by atoms with Crippen LogP contribution in [-0.4, -0.2) is 9.78 Å². The van der Waals surface area contributed by atoms with Crippen molar-refractivity contribution in [3.05, 3.63) is 76.1 Å².